The van der Waals surface area contributed by atoms with E-state index in [1.165, 1.54) is 0 Å². The molecule has 0 amide bonds. The Morgan fingerprint density at radius 3 is 2.09 bits per heavy atom. The Morgan fingerprint density at radius 2 is 1.73 bits per heavy atom. The average molecular weight is 159 g/mol. The maximum atomic E-state index is 5.07. The van der Waals surface area contributed by atoms with Crippen LogP contribution in [0.1, 0.15) is 27.7 Å². The summed E-state index contributed by atoms with van der Waals surface area (Å²) in [6.07, 6.45) is 0. The molecule has 0 aromatic rings. The molecule has 0 aromatic carbocycles. The van der Waals surface area contributed by atoms with Crippen LogP contribution < -0.4 is 5.32 Å². The van der Waals surface area contributed by atoms with Crippen LogP contribution in [0.4, 0.5) is 0 Å². The third kappa shape index (κ3) is 5.22. The van der Waals surface area contributed by atoms with Gasteiger partial charge in [0.05, 0.1) is 6.61 Å². The molecule has 1 N–H and O–H groups in total. The smallest absolute Gasteiger partial charge is 0.0502 e. The molecule has 2 heteroatoms. The first-order chi connectivity index (χ1) is 5.07. The summed E-state index contributed by atoms with van der Waals surface area (Å²) >= 11 is 0. The van der Waals surface area contributed by atoms with Crippen molar-refractivity contribution in [3.63, 3.8) is 0 Å². The summed E-state index contributed by atoms with van der Waals surface area (Å²) in [5.41, 5.74) is 0. The highest BCUT2D eigenvalue weighted by Gasteiger charge is 2.11. The summed E-state index contributed by atoms with van der Waals surface area (Å²) in [7, 11) is 1.75. The van der Waals surface area contributed by atoms with Crippen LogP contribution in [0.15, 0.2) is 0 Å². The van der Waals surface area contributed by atoms with Crippen LogP contribution in [-0.4, -0.2) is 25.8 Å². The highest BCUT2D eigenvalue weighted by molar-refractivity contribution is 4.69. The molecule has 0 radical (unpaired) electrons. The molecule has 2 atom stereocenters. The Kier molecular flexibility index (Phi) is 5.51. The number of hydrogen-bond donors (Lipinski definition) is 1. The van der Waals surface area contributed by atoms with Gasteiger partial charge in [0, 0.05) is 19.2 Å². The topological polar surface area (TPSA) is 21.3 Å². The van der Waals surface area contributed by atoms with Crippen LogP contribution in [0.2, 0.25) is 0 Å². The summed E-state index contributed by atoms with van der Waals surface area (Å²) in [6, 6.07) is 1.10. The summed E-state index contributed by atoms with van der Waals surface area (Å²) in [6.45, 7) is 9.56. The molecule has 0 rings (SSSR count). The van der Waals surface area contributed by atoms with Crippen LogP contribution >= 0.6 is 0 Å². The van der Waals surface area contributed by atoms with Gasteiger partial charge in [-0.15, -0.1) is 0 Å². The Morgan fingerprint density at radius 1 is 1.18 bits per heavy atom. The highest BCUT2D eigenvalue weighted by atomic mass is 16.5. The summed E-state index contributed by atoms with van der Waals surface area (Å²) in [5.74, 6) is 0.586. The lowest BCUT2D eigenvalue weighted by atomic mass is 10.0. The van der Waals surface area contributed by atoms with Gasteiger partial charge in [-0.1, -0.05) is 20.8 Å². The SMILES string of the molecule is COCC(C)C(C)NC(C)C. The van der Waals surface area contributed by atoms with Crippen molar-refractivity contribution in [2.75, 3.05) is 13.7 Å². The second-order valence-corrected chi connectivity index (χ2v) is 3.54. The lowest BCUT2D eigenvalue weighted by Crippen LogP contribution is -2.38. The number of hydrogen-bond acceptors (Lipinski definition) is 2. The van der Waals surface area contributed by atoms with Crippen LogP contribution in [0.25, 0.3) is 0 Å². The van der Waals surface area contributed by atoms with Crippen molar-refractivity contribution in [3.05, 3.63) is 0 Å². The van der Waals surface area contributed by atoms with Gasteiger partial charge in [0.25, 0.3) is 0 Å². The van der Waals surface area contributed by atoms with Gasteiger partial charge in [-0.3, -0.25) is 0 Å². The monoisotopic (exact) mass is 159 g/mol. The zero-order valence-electron chi connectivity index (χ0n) is 8.35. The fraction of sp³-hybridized carbons (Fsp3) is 1.00. The van der Waals surface area contributed by atoms with E-state index in [1.54, 1.807) is 7.11 Å². The third-order valence-corrected chi connectivity index (χ3v) is 1.88. The highest BCUT2D eigenvalue weighted by Crippen LogP contribution is 2.02. The molecule has 0 aliphatic rings. The minimum absolute atomic E-state index is 0.537. The van der Waals surface area contributed by atoms with Crippen molar-refractivity contribution in [2.24, 2.45) is 5.92 Å². The molecule has 0 fully saturated rings. The van der Waals surface area contributed by atoms with E-state index >= 15 is 0 Å². The van der Waals surface area contributed by atoms with Crippen molar-refractivity contribution in [2.45, 2.75) is 39.8 Å². The molecule has 0 aliphatic heterocycles. The van der Waals surface area contributed by atoms with Gasteiger partial charge in [0.15, 0.2) is 0 Å². The van der Waals surface area contributed by atoms with E-state index < -0.39 is 0 Å². The van der Waals surface area contributed by atoms with E-state index in [1.807, 2.05) is 0 Å². The molecule has 0 bridgehead atoms. The third-order valence-electron chi connectivity index (χ3n) is 1.88. The molecule has 2 nitrogen and oxygen atoms in total. The maximum Gasteiger partial charge on any atom is 0.0502 e. The lowest BCUT2D eigenvalue weighted by molar-refractivity contribution is 0.140. The zero-order valence-corrected chi connectivity index (χ0v) is 8.35. The predicted octanol–water partition coefficient (Wildman–Crippen LogP) is 1.66. The van der Waals surface area contributed by atoms with Gasteiger partial charge >= 0.3 is 0 Å². The fourth-order valence-corrected chi connectivity index (χ4v) is 1.10. The minimum atomic E-state index is 0.537. The molecule has 2 unspecified atom stereocenters. The number of methoxy groups -OCH3 is 1. The van der Waals surface area contributed by atoms with Crippen molar-refractivity contribution < 1.29 is 4.74 Å². The van der Waals surface area contributed by atoms with Gasteiger partial charge in [-0.05, 0) is 12.8 Å². The first-order valence-corrected chi connectivity index (χ1v) is 4.33. The van der Waals surface area contributed by atoms with Gasteiger partial charge in [0.2, 0.25) is 0 Å². The average Bonchev–Trinajstić information content (AvgIpc) is 1.86. The molecular formula is C9H21NO. The normalized spacial score (nSPS) is 16.9. The van der Waals surface area contributed by atoms with Crippen molar-refractivity contribution in [1.82, 2.24) is 5.32 Å². The molecule has 0 spiro atoms. The van der Waals surface area contributed by atoms with Crippen LogP contribution in [0.5, 0.6) is 0 Å². The van der Waals surface area contributed by atoms with Gasteiger partial charge in [-0.2, -0.15) is 0 Å². The molecule has 0 heterocycles. The summed E-state index contributed by atoms with van der Waals surface area (Å²) in [4.78, 5) is 0. The Hall–Kier alpha value is -0.0800. The molecule has 0 aromatic heterocycles. The Labute approximate surface area is 70.3 Å². The molecular weight excluding hydrogens is 138 g/mol. The number of nitrogens with one attached hydrogen (secondary N) is 1. The number of ether oxygens (including phenoxy) is 1. The van der Waals surface area contributed by atoms with Crippen molar-refractivity contribution in [3.8, 4) is 0 Å². The van der Waals surface area contributed by atoms with Crippen LogP contribution in [0, 0.1) is 5.92 Å². The maximum absolute atomic E-state index is 5.07. The minimum Gasteiger partial charge on any atom is -0.384 e. The van der Waals surface area contributed by atoms with E-state index in [4.69, 9.17) is 4.74 Å². The second-order valence-electron chi connectivity index (χ2n) is 3.54. The van der Waals surface area contributed by atoms with E-state index in [9.17, 15) is 0 Å². The zero-order chi connectivity index (χ0) is 8.85. The van der Waals surface area contributed by atoms with Gasteiger partial charge in [0.1, 0.15) is 0 Å². The Balaban J connectivity index is 3.54. The molecule has 11 heavy (non-hydrogen) atoms. The largest absolute Gasteiger partial charge is 0.384 e. The second kappa shape index (κ2) is 5.56. The molecule has 0 aliphatic carbocycles. The van der Waals surface area contributed by atoms with Crippen LogP contribution in [0.3, 0.4) is 0 Å². The van der Waals surface area contributed by atoms with Gasteiger partial charge in [-0.25, -0.2) is 0 Å². The predicted molar refractivity (Wildman–Crippen MR) is 48.8 cm³/mol. The molecule has 0 saturated heterocycles. The molecule has 0 saturated carbocycles. The molecule has 68 valence electrons. The van der Waals surface area contributed by atoms with E-state index in [2.05, 4.69) is 33.0 Å². The number of rotatable bonds is 5. The van der Waals surface area contributed by atoms with Crippen LogP contribution in [-0.2, 0) is 4.74 Å². The summed E-state index contributed by atoms with van der Waals surface area (Å²) < 4.78 is 5.07. The standard InChI is InChI=1S/C9H21NO/c1-7(2)10-9(4)8(3)6-11-5/h7-10H,6H2,1-5H3. The van der Waals surface area contributed by atoms with Gasteiger partial charge < -0.3 is 10.1 Å². The Bertz CT molecular complexity index is 93.6. The summed E-state index contributed by atoms with van der Waals surface area (Å²) in [5, 5.41) is 3.45. The van der Waals surface area contributed by atoms with Crippen molar-refractivity contribution in [1.29, 1.82) is 0 Å². The first-order valence-electron chi connectivity index (χ1n) is 4.33. The van der Waals surface area contributed by atoms with Crippen molar-refractivity contribution >= 4 is 0 Å². The fourth-order valence-electron chi connectivity index (χ4n) is 1.10. The van der Waals surface area contributed by atoms with E-state index in [0.29, 0.717) is 18.0 Å². The quantitative estimate of drug-likeness (QED) is 0.658. The first kappa shape index (κ1) is 10.9. The lowest BCUT2D eigenvalue weighted by Gasteiger charge is -2.22. The van der Waals surface area contributed by atoms with E-state index in [-0.39, 0.29) is 0 Å². The van der Waals surface area contributed by atoms with E-state index in [0.717, 1.165) is 6.61 Å².